The Kier molecular flexibility index (Phi) is 5.24. The average molecular weight is 368 g/mol. The number of rotatable bonds is 5. The Morgan fingerprint density at radius 2 is 1.76 bits per heavy atom. The Hall–Kier alpha value is -2.13. The maximum Gasteiger partial charge on any atom is 0.241 e. The first-order chi connectivity index (χ1) is 11.9. The Labute approximate surface area is 145 Å². The van der Waals surface area contributed by atoms with Gasteiger partial charge in [-0.3, -0.25) is 0 Å². The van der Waals surface area contributed by atoms with Crippen molar-refractivity contribution < 1.29 is 17.2 Å². The molecule has 1 aliphatic heterocycles. The summed E-state index contributed by atoms with van der Waals surface area (Å²) in [5.41, 5.74) is 0. The van der Waals surface area contributed by atoms with Crippen LogP contribution in [0.2, 0.25) is 0 Å². The highest BCUT2D eigenvalue weighted by molar-refractivity contribution is 7.89. The molecule has 134 valence electrons. The van der Waals surface area contributed by atoms with Gasteiger partial charge >= 0.3 is 0 Å². The van der Waals surface area contributed by atoms with E-state index in [2.05, 4.69) is 19.6 Å². The number of anilines is 1. The SMILES string of the molecule is O=S(=O)(NCc1nccc(N2CCCCC2)n1)c1cc(F)cc(F)c1. The van der Waals surface area contributed by atoms with Crippen molar-refractivity contribution in [2.24, 2.45) is 0 Å². The molecule has 1 aromatic carbocycles. The summed E-state index contributed by atoms with van der Waals surface area (Å²) in [7, 11) is -4.06. The van der Waals surface area contributed by atoms with Gasteiger partial charge in [0.1, 0.15) is 23.3 Å². The van der Waals surface area contributed by atoms with Crippen molar-refractivity contribution in [2.45, 2.75) is 30.7 Å². The van der Waals surface area contributed by atoms with Crippen molar-refractivity contribution in [2.75, 3.05) is 18.0 Å². The zero-order valence-electron chi connectivity index (χ0n) is 13.5. The van der Waals surface area contributed by atoms with Gasteiger partial charge in [0.25, 0.3) is 0 Å². The molecule has 0 atom stereocenters. The lowest BCUT2D eigenvalue weighted by Gasteiger charge is -2.27. The van der Waals surface area contributed by atoms with Crippen LogP contribution in [0.15, 0.2) is 35.4 Å². The van der Waals surface area contributed by atoms with Gasteiger partial charge in [0.05, 0.1) is 11.4 Å². The van der Waals surface area contributed by atoms with E-state index in [0.717, 1.165) is 43.9 Å². The lowest BCUT2D eigenvalue weighted by atomic mass is 10.1. The molecule has 1 fully saturated rings. The third-order valence-electron chi connectivity index (χ3n) is 3.94. The topological polar surface area (TPSA) is 75.2 Å². The van der Waals surface area contributed by atoms with Crippen LogP contribution in [-0.4, -0.2) is 31.5 Å². The van der Waals surface area contributed by atoms with Gasteiger partial charge in [-0.1, -0.05) is 0 Å². The number of piperidine rings is 1. The molecule has 2 aromatic rings. The fraction of sp³-hybridized carbons (Fsp3) is 0.375. The predicted molar refractivity (Wildman–Crippen MR) is 88.5 cm³/mol. The van der Waals surface area contributed by atoms with Crippen LogP contribution >= 0.6 is 0 Å². The molecule has 3 rings (SSSR count). The van der Waals surface area contributed by atoms with Gasteiger partial charge in [0, 0.05) is 25.4 Å². The summed E-state index contributed by atoms with van der Waals surface area (Å²) < 4.78 is 53.1. The van der Waals surface area contributed by atoms with Crippen molar-refractivity contribution in [3.8, 4) is 0 Å². The van der Waals surface area contributed by atoms with E-state index in [1.54, 1.807) is 12.3 Å². The number of nitrogens with zero attached hydrogens (tertiary/aromatic N) is 3. The normalized spacial score (nSPS) is 15.4. The van der Waals surface area contributed by atoms with Crippen LogP contribution in [0, 0.1) is 11.6 Å². The molecule has 1 N–H and O–H groups in total. The molecule has 0 bridgehead atoms. The van der Waals surface area contributed by atoms with E-state index in [0.29, 0.717) is 11.9 Å². The van der Waals surface area contributed by atoms with Gasteiger partial charge in [-0.05, 0) is 37.5 Å². The first-order valence-corrected chi connectivity index (χ1v) is 9.45. The lowest BCUT2D eigenvalue weighted by molar-refractivity contribution is 0.559. The van der Waals surface area contributed by atoms with E-state index < -0.39 is 26.6 Å². The Bertz CT molecular complexity index is 835. The minimum absolute atomic E-state index is 0.165. The highest BCUT2D eigenvalue weighted by Gasteiger charge is 2.18. The summed E-state index contributed by atoms with van der Waals surface area (Å²) in [6, 6.07) is 3.92. The Balaban J connectivity index is 1.72. The molecule has 0 unspecified atom stereocenters. The van der Waals surface area contributed by atoms with Gasteiger partial charge in [-0.25, -0.2) is 31.9 Å². The van der Waals surface area contributed by atoms with Crippen molar-refractivity contribution in [3.05, 3.63) is 47.9 Å². The maximum atomic E-state index is 13.2. The fourth-order valence-electron chi connectivity index (χ4n) is 2.70. The maximum absolute atomic E-state index is 13.2. The summed E-state index contributed by atoms with van der Waals surface area (Å²) >= 11 is 0. The molecule has 25 heavy (non-hydrogen) atoms. The molecule has 1 aliphatic rings. The largest absolute Gasteiger partial charge is 0.357 e. The summed E-state index contributed by atoms with van der Waals surface area (Å²) in [4.78, 5) is 10.1. The monoisotopic (exact) mass is 368 g/mol. The quantitative estimate of drug-likeness (QED) is 0.876. The van der Waals surface area contributed by atoms with Crippen molar-refractivity contribution in [1.82, 2.24) is 14.7 Å². The standard InChI is InChI=1S/C16H18F2N4O2S/c17-12-8-13(18)10-14(9-12)25(23,24)20-11-15-19-5-4-16(21-15)22-6-2-1-3-7-22/h4-5,8-10,20H,1-3,6-7,11H2. The van der Waals surface area contributed by atoms with E-state index in [9.17, 15) is 17.2 Å². The van der Waals surface area contributed by atoms with Crippen LogP contribution < -0.4 is 9.62 Å². The molecule has 0 spiro atoms. The van der Waals surface area contributed by atoms with Crippen LogP contribution in [0.3, 0.4) is 0 Å². The number of benzene rings is 1. The van der Waals surface area contributed by atoms with Gasteiger partial charge in [-0.2, -0.15) is 0 Å². The molecular formula is C16H18F2N4O2S. The molecular weight excluding hydrogens is 350 g/mol. The smallest absolute Gasteiger partial charge is 0.241 e. The van der Waals surface area contributed by atoms with Crippen molar-refractivity contribution in [3.63, 3.8) is 0 Å². The van der Waals surface area contributed by atoms with Crippen LogP contribution in [0.4, 0.5) is 14.6 Å². The average Bonchev–Trinajstić information content (AvgIpc) is 2.60. The van der Waals surface area contributed by atoms with Crippen molar-refractivity contribution >= 4 is 15.8 Å². The van der Waals surface area contributed by atoms with E-state index in [-0.39, 0.29) is 6.54 Å². The first kappa shape index (κ1) is 17.7. The molecule has 0 radical (unpaired) electrons. The second-order valence-corrected chi connectivity index (χ2v) is 7.58. The molecule has 2 heterocycles. The van der Waals surface area contributed by atoms with Gasteiger partial charge < -0.3 is 4.90 Å². The van der Waals surface area contributed by atoms with E-state index in [1.165, 1.54) is 6.42 Å². The zero-order chi connectivity index (χ0) is 17.9. The number of hydrogen-bond donors (Lipinski definition) is 1. The highest BCUT2D eigenvalue weighted by atomic mass is 32.2. The van der Waals surface area contributed by atoms with Crippen LogP contribution in [-0.2, 0) is 16.6 Å². The molecule has 9 heteroatoms. The predicted octanol–water partition coefficient (Wildman–Crippen LogP) is 2.22. The van der Waals surface area contributed by atoms with E-state index >= 15 is 0 Å². The zero-order valence-corrected chi connectivity index (χ0v) is 14.3. The highest BCUT2D eigenvalue weighted by Crippen LogP contribution is 2.17. The number of halogens is 2. The van der Waals surface area contributed by atoms with E-state index in [1.807, 2.05) is 0 Å². The van der Waals surface area contributed by atoms with Crippen LogP contribution in [0.25, 0.3) is 0 Å². The summed E-state index contributed by atoms with van der Waals surface area (Å²) in [6.45, 7) is 1.65. The third-order valence-corrected chi connectivity index (χ3v) is 5.32. The third kappa shape index (κ3) is 4.49. The number of sulfonamides is 1. The Morgan fingerprint density at radius 3 is 2.44 bits per heavy atom. The number of hydrogen-bond acceptors (Lipinski definition) is 5. The second-order valence-electron chi connectivity index (χ2n) is 5.81. The molecule has 0 aliphatic carbocycles. The van der Waals surface area contributed by atoms with Crippen LogP contribution in [0.5, 0.6) is 0 Å². The molecule has 0 amide bonds. The summed E-state index contributed by atoms with van der Waals surface area (Å²) in [5.74, 6) is -0.864. The molecule has 1 saturated heterocycles. The molecule has 0 saturated carbocycles. The van der Waals surface area contributed by atoms with E-state index in [4.69, 9.17) is 0 Å². The number of nitrogens with one attached hydrogen (secondary N) is 1. The van der Waals surface area contributed by atoms with Gasteiger partial charge in [0.15, 0.2) is 0 Å². The van der Waals surface area contributed by atoms with Crippen LogP contribution in [0.1, 0.15) is 25.1 Å². The molecule has 1 aromatic heterocycles. The van der Waals surface area contributed by atoms with Gasteiger partial charge in [-0.15, -0.1) is 0 Å². The minimum Gasteiger partial charge on any atom is -0.357 e. The summed E-state index contributed by atoms with van der Waals surface area (Å²) in [6.07, 6.45) is 4.95. The minimum atomic E-state index is -4.06. The first-order valence-electron chi connectivity index (χ1n) is 7.97. The molecule has 6 nitrogen and oxygen atoms in total. The Morgan fingerprint density at radius 1 is 1.08 bits per heavy atom. The summed E-state index contributed by atoms with van der Waals surface area (Å²) in [5, 5.41) is 0. The number of aromatic nitrogens is 2. The fourth-order valence-corrected chi connectivity index (χ4v) is 3.72. The second kappa shape index (κ2) is 7.40. The lowest BCUT2D eigenvalue weighted by Crippen LogP contribution is -2.31. The van der Waals surface area contributed by atoms with Gasteiger partial charge in [0.2, 0.25) is 10.0 Å². The van der Waals surface area contributed by atoms with Crippen molar-refractivity contribution in [1.29, 1.82) is 0 Å².